The number of nitrogens with one attached hydrogen (secondary N) is 1. The van der Waals surface area contributed by atoms with E-state index in [1.807, 2.05) is 25.3 Å². The summed E-state index contributed by atoms with van der Waals surface area (Å²) in [5.41, 5.74) is 3.21. The molecule has 1 aromatic heterocycles. The second kappa shape index (κ2) is 9.40. The number of carbonyl (C=O) groups is 2. The Hall–Kier alpha value is -2.04. The van der Waals surface area contributed by atoms with Crippen LogP contribution in [0.1, 0.15) is 40.6 Å². The molecule has 30 heavy (non-hydrogen) atoms. The first-order valence-electron chi connectivity index (χ1n) is 9.02. The van der Waals surface area contributed by atoms with Gasteiger partial charge in [0.05, 0.1) is 38.4 Å². The standard InChI is InChI=1S/C22H18Cl2N2O2S2/c1-11-6-7-29-21(11)20-15(9-25)22(26-12(2)19(20)13(3)27)30-10-18(28)14-4-5-16(23)17(24)8-14/h4-8,20,26H,10H2,1-3H3. The molecular weight excluding hydrogens is 459 g/mol. The molecule has 0 aliphatic carbocycles. The van der Waals surface area contributed by atoms with Crippen LogP contribution in [0.4, 0.5) is 0 Å². The molecule has 1 N–H and O–H groups in total. The van der Waals surface area contributed by atoms with Gasteiger partial charge in [0.2, 0.25) is 0 Å². The van der Waals surface area contributed by atoms with Gasteiger partial charge in [0.15, 0.2) is 11.6 Å². The average molecular weight is 477 g/mol. The fourth-order valence-corrected chi connectivity index (χ4v) is 5.66. The van der Waals surface area contributed by atoms with Gasteiger partial charge in [-0.1, -0.05) is 35.0 Å². The Morgan fingerprint density at radius 3 is 2.53 bits per heavy atom. The molecule has 1 atom stereocenters. The minimum atomic E-state index is -0.434. The molecule has 0 amide bonds. The first-order valence-corrected chi connectivity index (χ1v) is 11.6. The fourth-order valence-electron chi connectivity index (χ4n) is 3.33. The Morgan fingerprint density at radius 2 is 1.97 bits per heavy atom. The molecule has 0 fully saturated rings. The summed E-state index contributed by atoms with van der Waals surface area (Å²) in [5.74, 6) is -0.532. The summed E-state index contributed by atoms with van der Waals surface area (Å²) in [4.78, 5) is 26.0. The number of allylic oxidation sites excluding steroid dienone is 3. The van der Waals surface area contributed by atoms with Gasteiger partial charge in [0.25, 0.3) is 0 Å². The first-order chi connectivity index (χ1) is 14.2. The SMILES string of the molecule is CC(=O)C1=C(C)NC(SCC(=O)c2ccc(Cl)c(Cl)c2)=C(C#N)C1c1sccc1C. The third-order valence-electron chi connectivity index (χ3n) is 4.78. The van der Waals surface area contributed by atoms with E-state index >= 15 is 0 Å². The predicted molar refractivity (Wildman–Crippen MR) is 124 cm³/mol. The number of dihydropyridines is 1. The summed E-state index contributed by atoms with van der Waals surface area (Å²) < 4.78 is 0. The van der Waals surface area contributed by atoms with Crippen LogP contribution in [0.5, 0.6) is 0 Å². The monoisotopic (exact) mass is 476 g/mol. The highest BCUT2D eigenvalue weighted by atomic mass is 35.5. The number of Topliss-reactive ketones (excluding diaryl/α,β-unsaturated/α-hetero) is 2. The molecule has 3 rings (SSSR count). The van der Waals surface area contributed by atoms with Crippen molar-refractivity contribution in [1.82, 2.24) is 5.32 Å². The van der Waals surface area contributed by atoms with Crippen LogP contribution in [-0.2, 0) is 4.79 Å². The van der Waals surface area contributed by atoms with Crippen LogP contribution < -0.4 is 5.32 Å². The molecule has 0 spiro atoms. The zero-order valence-corrected chi connectivity index (χ0v) is 19.7. The highest BCUT2D eigenvalue weighted by Crippen LogP contribution is 2.43. The number of nitriles is 1. The summed E-state index contributed by atoms with van der Waals surface area (Å²) in [6, 6.07) is 9.00. The Morgan fingerprint density at radius 1 is 1.23 bits per heavy atom. The van der Waals surface area contributed by atoms with Gasteiger partial charge in [-0.05, 0) is 56.0 Å². The molecule has 0 saturated heterocycles. The number of thiophene rings is 1. The van der Waals surface area contributed by atoms with Crippen LogP contribution >= 0.6 is 46.3 Å². The van der Waals surface area contributed by atoms with Gasteiger partial charge in [-0.25, -0.2) is 0 Å². The highest BCUT2D eigenvalue weighted by molar-refractivity contribution is 8.03. The van der Waals surface area contributed by atoms with E-state index in [9.17, 15) is 14.9 Å². The van der Waals surface area contributed by atoms with Crippen molar-refractivity contribution in [3.63, 3.8) is 0 Å². The van der Waals surface area contributed by atoms with Crippen molar-refractivity contribution >= 4 is 57.9 Å². The topological polar surface area (TPSA) is 70.0 Å². The maximum absolute atomic E-state index is 12.6. The van der Waals surface area contributed by atoms with Crippen LogP contribution in [0.3, 0.4) is 0 Å². The van der Waals surface area contributed by atoms with Gasteiger partial charge in [-0.15, -0.1) is 11.3 Å². The molecule has 1 aliphatic heterocycles. The lowest BCUT2D eigenvalue weighted by molar-refractivity contribution is -0.113. The number of carbonyl (C=O) groups excluding carboxylic acids is 2. The number of nitrogens with zero attached hydrogens (tertiary/aromatic N) is 1. The maximum Gasteiger partial charge on any atom is 0.173 e. The smallest absolute Gasteiger partial charge is 0.173 e. The van der Waals surface area contributed by atoms with Crippen molar-refractivity contribution in [3.05, 3.63) is 77.6 Å². The van der Waals surface area contributed by atoms with E-state index in [4.69, 9.17) is 23.2 Å². The van der Waals surface area contributed by atoms with Crippen molar-refractivity contribution in [1.29, 1.82) is 5.26 Å². The van der Waals surface area contributed by atoms with E-state index in [0.29, 0.717) is 37.5 Å². The number of rotatable bonds is 6. The largest absolute Gasteiger partial charge is 0.353 e. The van der Waals surface area contributed by atoms with E-state index < -0.39 is 5.92 Å². The van der Waals surface area contributed by atoms with Crippen molar-refractivity contribution in [3.8, 4) is 6.07 Å². The second-order valence-electron chi connectivity index (χ2n) is 6.82. The third kappa shape index (κ3) is 4.50. The molecule has 4 nitrogen and oxygen atoms in total. The first kappa shape index (κ1) is 22.6. The zero-order valence-electron chi connectivity index (χ0n) is 16.5. The molecule has 1 aliphatic rings. The van der Waals surface area contributed by atoms with Crippen molar-refractivity contribution < 1.29 is 9.59 Å². The lowest BCUT2D eigenvalue weighted by Crippen LogP contribution is -2.27. The molecule has 8 heteroatoms. The Kier molecular flexibility index (Phi) is 7.10. The van der Waals surface area contributed by atoms with Crippen LogP contribution in [0.25, 0.3) is 0 Å². The normalized spacial score (nSPS) is 16.3. The summed E-state index contributed by atoms with van der Waals surface area (Å²) in [7, 11) is 0. The van der Waals surface area contributed by atoms with E-state index in [2.05, 4.69) is 11.4 Å². The maximum atomic E-state index is 12.6. The number of benzene rings is 1. The Bertz CT molecular complexity index is 1140. The quantitative estimate of drug-likeness (QED) is 0.497. The van der Waals surface area contributed by atoms with Crippen LogP contribution in [0.2, 0.25) is 10.0 Å². The number of hydrogen-bond acceptors (Lipinski definition) is 6. The number of aryl methyl sites for hydroxylation is 1. The van der Waals surface area contributed by atoms with Crippen LogP contribution in [0.15, 0.2) is 51.5 Å². The molecular formula is C22H18Cl2N2O2S2. The molecule has 0 bridgehead atoms. The van der Waals surface area contributed by atoms with E-state index in [1.54, 1.807) is 12.1 Å². The zero-order chi connectivity index (χ0) is 22.0. The molecule has 2 heterocycles. The van der Waals surface area contributed by atoms with Gasteiger partial charge >= 0.3 is 0 Å². The number of halogens is 2. The van der Waals surface area contributed by atoms with E-state index in [-0.39, 0.29) is 17.3 Å². The van der Waals surface area contributed by atoms with E-state index in [0.717, 1.165) is 10.4 Å². The molecule has 1 unspecified atom stereocenters. The van der Waals surface area contributed by atoms with Gasteiger partial charge in [0.1, 0.15) is 0 Å². The summed E-state index contributed by atoms with van der Waals surface area (Å²) in [5, 5.41) is 16.4. The molecule has 0 saturated carbocycles. The van der Waals surface area contributed by atoms with Gasteiger partial charge in [-0.2, -0.15) is 5.26 Å². The van der Waals surface area contributed by atoms with Gasteiger partial charge in [-0.3, -0.25) is 9.59 Å². The average Bonchev–Trinajstić information content (AvgIpc) is 3.12. The summed E-state index contributed by atoms with van der Waals surface area (Å²) >= 11 is 14.7. The minimum absolute atomic E-state index is 0.0820. The van der Waals surface area contributed by atoms with Crippen LogP contribution in [-0.4, -0.2) is 17.3 Å². The molecule has 2 aromatic rings. The van der Waals surface area contributed by atoms with E-state index in [1.165, 1.54) is 36.1 Å². The Labute approximate surface area is 193 Å². The summed E-state index contributed by atoms with van der Waals surface area (Å²) in [6.45, 7) is 5.30. The Balaban J connectivity index is 1.94. The molecule has 0 radical (unpaired) electrons. The van der Waals surface area contributed by atoms with Crippen LogP contribution in [0, 0.1) is 18.3 Å². The number of ketones is 2. The number of hydrogen-bond donors (Lipinski definition) is 1. The number of thioether (sulfide) groups is 1. The van der Waals surface area contributed by atoms with Gasteiger partial charge < -0.3 is 5.32 Å². The van der Waals surface area contributed by atoms with Crippen molar-refractivity contribution in [2.45, 2.75) is 26.7 Å². The van der Waals surface area contributed by atoms with Crippen molar-refractivity contribution in [2.24, 2.45) is 0 Å². The minimum Gasteiger partial charge on any atom is -0.353 e. The predicted octanol–water partition coefficient (Wildman–Crippen LogP) is 6.26. The summed E-state index contributed by atoms with van der Waals surface area (Å²) in [6.07, 6.45) is 0. The third-order valence-corrected chi connectivity index (χ3v) is 7.62. The highest BCUT2D eigenvalue weighted by Gasteiger charge is 2.34. The van der Waals surface area contributed by atoms with Gasteiger partial charge in [0, 0.05) is 21.7 Å². The lowest BCUT2D eigenvalue weighted by atomic mass is 9.84. The lowest BCUT2D eigenvalue weighted by Gasteiger charge is -2.29. The fraction of sp³-hybridized carbons (Fsp3) is 0.227. The second-order valence-corrected chi connectivity index (χ2v) is 9.56. The molecule has 1 aromatic carbocycles. The molecule has 154 valence electrons. The van der Waals surface area contributed by atoms with Crippen molar-refractivity contribution in [2.75, 3.05) is 5.75 Å².